The number of alkyl halides is 3. The van der Waals surface area contributed by atoms with Crippen LogP contribution in [0, 0.1) is 11.7 Å². The fourth-order valence-corrected chi connectivity index (χ4v) is 4.71. The topological polar surface area (TPSA) is 91.0 Å². The Kier molecular flexibility index (Phi) is 8.79. The lowest BCUT2D eigenvalue weighted by atomic mass is 10.0. The van der Waals surface area contributed by atoms with Gasteiger partial charge in [0.05, 0.1) is 11.4 Å². The van der Waals surface area contributed by atoms with E-state index in [0.29, 0.717) is 23.0 Å². The molecule has 2 atom stereocenters. The maximum atomic E-state index is 14.5. The van der Waals surface area contributed by atoms with E-state index in [0.717, 1.165) is 12.8 Å². The summed E-state index contributed by atoms with van der Waals surface area (Å²) < 4.78 is 60.7. The third kappa shape index (κ3) is 8.34. The van der Waals surface area contributed by atoms with E-state index in [4.69, 9.17) is 4.74 Å². The fourth-order valence-electron chi connectivity index (χ4n) is 4.71. The van der Waals surface area contributed by atoms with Crippen molar-refractivity contribution in [2.24, 2.45) is 5.92 Å². The van der Waals surface area contributed by atoms with Gasteiger partial charge in [0.25, 0.3) is 5.91 Å². The summed E-state index contributed by atoms with van der Waals surface area (Å²) in [5, 5.41) is 4.99. The average molecular weight is 579 g/mol. The van der Waals surface area contributed by atoms with Gasteiger partial charge >= 0.3 is 12.3 Å². The Hall–Kier alpha value is -3.83. The summed E-state index contributed by atoms with van der Waals surface area (Å²) >= 11 is 0. The second kappa shape index (κ2) is 12.0. The number of carbonyl (C=O) groups excluding carboxylic acids is 3. The Morgan fingerprint density at radius 2 is 1.66 bits per heavy atom. The Bertz CT molecular complexity index is 1280. The zero-order valence-corrected chi connectivity index (χ0v) is 23.1. The third-order valence-electron chi connectivity index (χ3n) is 6.70. The molecule has 0 radical (unpaired) electrons. The van der Waals surface area contributed by atoms with Gasteiger partial charge in [-0.25, -0.2) is 9.18 Å². The van der Waals surface area contributed by atoms with E-state index in [1.54, 1.807) is 45.0 Å². The van der Waals surface area contributed by atoms with Crippen molar-refractivity contribution in [1.82, 2.24) is 10.6 Å². The number of benzene rings is 2. The van der Waals surface area contributed by atoms with Gasteiger partial charge in [0, 0.05) is 19.5 Å². The number of anilines is 2. The van der Waals surface area contributed by atoms with Crippen molar-refractivity contribution in [3.8, 4) is 0 Å². The average Bonchev–Trinajstić information content (AvgIpc) is 3.69. The van der Waals surface area contributed by atoms with Crippen LogP contribution < -0.4 is 20.4 Å². The molecule has 1 aliphatic heterocycles. The number of nitrogens with zero attached hydrogens (tertiary/aromatic N) is 2. The summed E-state index contributed by atoms with van der Waals surface area (Å²) in [6.45, 7) is 3.77. The number of halogens is 4. The lowest BCUT2D eigenvalue weighted by molar-refractivity contribution is -0.135. The number of hydrogen-bond donors (Lipinski definition) is 2. The van der Waals surface area contributed by atoms with Crippen molar-refractivity contribution in [2.75, 3.05) is 29.4 Å². The number of amides is 3. The molecule has 12 heteroatoms. The molecule has 2 aromatic rings. The molecule has 2 aromatic carbocycles. The maximum absolute atomic E-state index is 14.5. The third-order valence-corrected chi connectivity index (χ3v) is 6.70. The van der Waals surface area contributed by atoms with E-state index in [-0.39, 0.29) is 24.2 Å². The number of nitrogens with one attached hydrogen (secondary N) is 2. The van der Waals surface area contributed by atoms with E-state index in [2.05, 4.69) is 10.6 Å². The summed E-state index contributed by atoms with van der Waals surface area (Å²) in [5.41, 5.74) is -0.212. The Morgan fingerprint density at radius 3 is 2.27 bits per heavy atom. The molecule has 3 amide bonds. The van der Waals surface area contributed by atoms with Gasteiger partial charge in [-0.1, -0.05) is 30.3 Å². The van der Waals surface area contributed by atoms with Crippen LogP contribution >= 0.6 is 0 Å². The highest BCUT2D eigenvalue weighted by atomic mass is 19.4. The number of hydrogen-bond acceptors (Lipinski definition) is 5. The number of alkyl carbamates (subject to hydrolysis) is 1. The molecular weight excluding hydrogens is 544 g/mol. The molecule has 8 nitrogen and oxygen atoms in total. The molecule has 1 aliphatic carbocycles. The molecule has 1 fully saturated rings. The summed E-state index contributed by atoms with van der Waals surface area (Å²) in [6.07, 6.45) is -4.01. The highest BCUT2D eigenvalue weighted by Gasteiger charge is 2.42. The van der Waals surface area contributed by atoms with E-state index >= 15 is 0 Å². The van der Waals surface area contributed by atoms with Crippen molar-refractivity contribution < 1.29 is 36.7 Å². The molecular formula is C29H34F4N4O4. The summed E-state index contributed by atoms with van der Waals surface area (Å²) in [5.74, 6) is -2.08. The molecule has 0 bridgehead atoms. The van der Waals surface area contributed by atoms with Crippen molar-refractivity contribution in [3.05, 3.63) is 59.9 Å². The van der Waals surface area contributed by atoms with Crippen LogP contribution in [0.1, 0.15) is 39.2 Å². The predicted octanol–water partition coefficient (Wildman–Crippen LogP) is 4.57. The lowest BCUT2D eigenvalue weighted by Gasteiger charge is -2.28. The molecule has 2 aliphatic rings. The van der Waals surface area contributed by atoms with Gasteiger partial charge in [-0.3, -0.25) is 14.5 Å². The number of ether oxygens (including phenoxy) is 1. The smallest absolute Gasteiger partial charge is 0.408 e. The van der Waals surface area contributed by atoms with Crippen LogP contribution in [0.25, 0.3) is 0 Å². The van der Waals surface area contributed by atoms with E-state index < -0.39 is 54.1 Å². The van der Waals surface area contributed by atoms with Gasteiger partial charge in [-0.15, -0.1) is 0 Å². The van der Waals surface area contributed by atoms with E-state index in [1.807, 2.05) is 4.90 Å². The van der Waals surface area contributed by atoms with Crippen molar-refractivity contribution in [3.63, 3.8) is 0 Å². The van der Waals surface area contributed by atoms with Crippen molar-refractivity contribution in [1.29, 1.82) is 0 Å². The van der Waals surface area contributed by atoms with Gasteiger partial charge in [0.15, 0.2) is 0 Å². The first-order valence-electron chi connectivity index (χ1n) is 13.5. The van der Waals surface area contributed by atoms with Crippen LogP contribution in [0.3, 0.4) is 0 Å². The SMILES string of the molecule is CC(C)(C)OC(=O)N[C@H](Cc1ccccc1F)C(=O)N[C@@H]1CN(CC2CC2)c2ccccc2N(CC(F)(F)F)C1=O. The van der Waals surface area contributed by atoms with Crippen LogP contribution in [0.5, 0.6) is 0 Å². The van der Waals surface area contributed by atoms with Gasteiger partial charge in [0.1, 0.15) is 30.0 Å². The molecule has 0 unspecified atom stereocenters. The minimum atomic E-state index is -4.70. The van der Waals surface area contributed by atoms with Crippen LogP contribution in [-0.2, 0) is 20.7 Å². The molecule has 41 heavy (non-hydrogen) atoms. The van der Waals surface area contributed by atoms with E-state index in [9.17, 15) is 31.9 Å². The van der Waals surface area contributed by atoms with Gasteiger partial charge in [-0.2, -0.15) is 13.2 Å². The summed E-state index contributed by atoms with van der Waals surface area (Å²) in [6, 6.07) is 9.28. The quantitative estimate of drug-likeness (QED) is 0.448. The molecule has 0 aromatic heterocycles. The summed E-state index contributed by atoms with van der Waals surface area (Å²) in [4.78, 5) is 42.2. The second-order valence-electron chi connectivity index (χ2n) is 11.4. The molecule has 222 valence electrons. The molecule has 0 spiro atoms. The normalized spacial score (nSPS) is 18.3. The van der Waals surface area contributed by atoms with Crippen LogP contribution in [0.15, 0.2) is 48.5 Å². The highest BCUT2D eigenvalue weighted by Crippen LogP contribution is 2.38. The second-order valence-corrected chi connectivity index (χ2v) is 11.4. The minimum absolute atomic E-state index is 0.0781. The molecule has 1 saturated carbocycles. The fraction of sp³-hybridized carbons (Fsp3) is 0.483. The minimum Gasteiger partial charge on any atom is -0.444 e. The van der Waals surface area contributed by atoms with Crippen molar-refractivity contribution in [2.45, 2.75) is 63.9 Å². The summed E-state index contributed by atoms with van der Waals surface area (Å²) in [7, 11) is 0. The van der Waals surface area contributed by atoms with E-state index in [1.165, 1.54) is 24.3 Å². The molecule has 4 rings (SSSR count). The largest absolute Gasteiger partial charge is 0.444 e. The Labute approximate surface area is 236 Å². The zero-order valence-electron chi connectivity index (χ0n) is 23.1. The zero-order chi connectivity index (χ0) is 29.9. The van der Waals surface area contributed by atoms with Gasteiger partial charge in [-0.05, 0) is 63.3 Å². The predicted molar refractivity (Wildman–Crippen MR) is 145 cm³/mol. The first-order valence-corrected chi connectivity index (χ1v) is 13.5. The standard InChI is InChI=1S/C29H34F4N4O4/c1-28(2,3)41-27(40)35-21(14-19-8-4-5-9-20(19)30)25(38)34-22-16-36(15-18-12-13-18)23-10-6-7-11-24(23)37(26(22)39)17-29(31,32)33/h4-11,18,21-22H,12-17H2,1-3H3,(H,34,38)(H,35,40)/t21-,22-/m1/s1. The van der Waals surface area contributed by atoms with Crippen molar-refractivity contribution >= 4 is 29.3 Å². The maximum Gasteiger partial charge on any atom is 0.408 e. The first-order chi connectivity index (χ1) is 19.2. The molecule has 0 saturated heterocycles. The number of rotatable bonds is 8. The Balaban J connectivity index is 1.64. The molecule has 2 N–H and O–H groups in total. The highest BCUT2D eigenvalue weighted by molar-refractivity contribution is 6.04. The number of fused-ring (bicyclic) bond motifs is 1. The van der Waals surface area contributed by atoms with Crippen LogP contribution in [0.4, 0.5) is 33.7 Å². The van der Waals surface area contributed by atoms with Gasteiger partial charge in [0.2, 0.25) is 5.91 Å². The first kappa shape index (κ1) is 30.1. The number of para-hydroxylation sites is 2. The Morgan fingerprint density at radius 1 is 1.02 bits per heavy atom. The lowest BCUT2D eigenvalue weighted by Crippen LogP contribution is -2.58. The van der Waals surface area contributed by atoms with Crippen LogP contribution in [0.2, 0.25) is 0 Å². The van der Waals surface area contributed by atoms with Crippen LogP contribution in [-0.4, -0.2) is 61.4 Å². The van der Waals surface area contributed by atoms with Gasteiger partial charge < -0.3 is 20.3 Å². The number of carbonyl (C=O) groups is 3. The monoisotopic (exact) mass is 578 g/mol. The molecule has 1 heterocycles.